The van der Waals surface area contributed by atoms with Gasteiger partial charge in [0.1, 0.15) is 36.3 Å². The number of aliphatic carboxylic acids is 3. The Morgan fingerprint density at radius 1 is 0.611 bits per heavy atom. The Kier molecular flexibility index (Phi) is 24.6. The van der Waals surface area contributed by atoms with Gasteiger partial charge in [-0.1, -0.05) is 59.7 Å². The van der Waals surface area contributed by atoms with Crippen LogP contribution in [0.3, 0.4) is 0 Å². The molecule has 0 bridgehead atoms. The highest BCUT2D eigenvalue weighted by Gasteiger charge is 2.35. The summed E-state index contributed by atoms with van der Waals surface area (Å²) in [6.07, 6.45) is -0.0439. The monoisotopic (exact) mass is 1020 g/mol. The molecule has 0 aliphatic rings. The molecule has 2 aromatic rings. The maximum atomic E-state index is 14.1. The summed E-state index contributed by atoms with van der Waals surface area (Å²) in [6.45, 7) is 8.32. The van der Waals surface area contributed by atoms with Gasteiger partial charge in [-0.05, 0) is 48.6 Å². The van der Waals surface area contributed by atoms with Crippen molar-refractivity contribution in [1.82, 2.24) is 47.5 Å². The minimum Gasteiger partial charge on any atom is -0.481 e. The van der Waals surface area contributed by atoms with Crippen LogP contribution in [0.1, 0.15) is 79.2 Å². The van der Waals surface area contributed by atoms with Crippen molar-refractivity contribution in [2.45, 2.75) is 122 Å². The largest absolute Gasteiger partial charge is 0.481 e. The van der Waals surface area contributed by atoms with Crippen LogP contribution in [0.25, 0.3) is 10.9 Å². The topological polar surface area (TPSA) is 451 Å². The van der Waals surface area contributed by atoms with Crippen LogP contribution in [0.4, 0.5) is 0 Å². The number of nitrogens with one attached hydrogen (secondary N) is 9. The van der Waals surface area contributed by atoms with Gasteiger partial charge >= 0.3 is 17.9 Å². The number of hydrogen-bond donors (Lipinski definition) is 15. The number of H-pyrrole nitrogens is 1. The Bertz CT molecular complexity index is 2300. The summed E-state index contributed by atoms with van der Waals surface area (Å²) in [7, 11) is 0. The molecule has 1 aromatic heterocycles. The highest BCUT2D eigenvalue weighted by molar-refractivity contribution is 5.98. The first-order chi connectivity index (χ1) is 33.7. The van der Waals surface area contributed by atoms with E-state index in [2.05, 4.69) is 52.5 Å². The van der Waals surface area contributed by atoms with E-state index in [4.69, 9.17) is 17.2 Å². The fraction of sp³-hybridized carbons (Fsp3) is 0.556. The number of fused-ring (bicyclic) bond motifs is 1. The van der Waals surface area contributed by atoms with Crippen molar-refractivity contribution < 1.29 is 68.1 Å². The summed E-state index contributed by atoms with van der Waals surface area (Å²) in [5, 5.41) is 48.2. The van der Waals surface area contributed by atoms with Crippen LogP contribution in [0.15, 0.2) is 35.5 Å². The number of aromatic nitrogens is 1. The third-order valence-electron chi connectivity index (χ3n) is 10.8. The zero-order valence-electron chi connectivity index (χ0n) is 41.0. The van der Waals surface area contributed by atoms with E-state index in [1.165, 1.54) is 0 Å². The molecule has 0 spiro atoms. The summed E-state index contributed by atoms with van der Waals surface area (Å²) in [5.74, 6) is -13.4. The number of benzene rings is 1. The van der Waals surface area contributed by atoms with Gasteiger partial charge in [0.15, 0.2) is 5.96 Å². The van der Waals surface area contributed by atoms with Gasteiger partial charge in [-0.2, -0.15) is 0 Å². The van der Waals surface area contributed by atoms with Crippen molar-refractivity contribution in [1.29, 1.82) is 0 Å². The van der Waals surface area contributed by atoms with E-state index in [0.717, 1.165) is 0 Å². The van der Waals surface area contributed by atoms with Gasteiger partial charge in [-0.15, -0.1) is 0 Å². The number of aliphatic imine (C=N–C) groups is 1. The number of rotatable bonds is 31. The molecule has 0 aliphatic heterocycles. The Balaban J connectivity index is 2.19. The molecule has 398 valence electrons. The number of guanidine groups is 1. The lowest BCUT2D eigenvalue weighted by atomic mass is 10.00. The standard InChI is InChI=1S/C45H69N13O14/c1-21(2)14-28(41(68)58-37(23(5)6)44(71)72)55-39(66)30(16-34(61)62)53-33(60)20-51-32(59)19-52-43(70)36(22(3)4)57-42(69)29(15-24-18-50-27-12-8-7-10-25(24)27)56-40(67)31(17-35(63)64)54-38(65)26(46)11-9-13-49-45(47)48/h7-8,10,12,18,21-23,26,28-31,36-37,50H,9,11,13-17,19-20,46H2,1-6H3,(H,51,59)(H,52,70)(H,53,60)(H,54,65)(H,55,66)(H,56,67)(H,57,69)(H,58,68)(H,61,62)(H,63,64)(H,71,72)(H4,47,48,49)/t26-,28-,29-,30-,31-,36-,37-/m0/s1. The third-order valence-corrected chi connectivity index (χ3v) is 10.8. The van der Waals surface area contributed by atoms with Gasteiger partial charge < -0.3 is 80.0 Å². The zero-order valence-corrected chi connectivity index (χ0v) is 41.0. The molecule has 0 radical (unpaired) electrons. The van der Waals surface area contributed by atoms with Crippen molar-refractivity contribution in [3.8, 4) is 0 Å². The number of carbonyl (C=O) groups is 11. The van der Waals surface area contributed by atoms with Crippen molar-refractivity contribution in [3.05, 3.63) is 36.0 Å². The molecule has 0 fully saturated rings. The lowest BCUT2D eigenvalue weighted by Crippen LogP contribution is -2.59. The molecular formula is C45H69N13O14. The second kappa shape index (κ2) is 29.4. The van der Waals surface area contributed by atoms with E-state index >= 15 is 0 Å². The number of hydrogen-bond acceptors (Lipinski definition) is 13. The second-order valence-corrected chi connectivity index (χ2v) is 18.0. The zero-order chi connectivity index (χ0) is 54.4. The Morgan fingerprint density at radius 3 is 1.68 bits per heavy atom. The van der Waals surface area contributed by atoms with E-state index < -0.39 is 145 Å². The van der Waals surface area contributed by atoms with Crippen LogP contribution in [-0.2, 0) is 59.2 Å². The molecule has 1 aromatic carbocycles. The van der Waals surface area contributed by atoms with Crippen LogP contribution < -0.4 is 59.7 Å². The van der Waals surface area contributed by atoms with Crippen molar-refractivity contribution in [2.75, 3.05) is 19.6 Å². The quantitative estimate of drug-likeness (QED) is 0.0199. The number of para-hydroxylation sites is 1. The summed E-state index contributed by atoms with van der Waals surface area (Å²) in [5.41, 5.74) is 17.8. The molecule has 7 atom stereocenters. The first kappa shape index (κ1) is 60.3. The normalized spacial score (nSPS) is 14.0. The number of aromatic amines is 1. The molecule has 8 amide bonds. The predicted molar refractivity (Wildman–Crippen MR) is 259 cm³/mol. The van der Waals surface area contributed by atoms with E-state index in [1.54, 1.807) is 72.0 Å². The van der Waals surface area contributed by atoms with Gasteiger partial charge in [-0.3, -0.25) is 52.9 Å². The Hall–Kier alpha value is -7.84. The van der Waals surface area contributed by atoms with Crippen LogP contribution in [-0.4, -0.2) is 153 Å². The van der Waals surface area contributed by atoms with Crippen LogP contribution in [0.2, 0.25) is 0 Å². The van der Waals surface area contributed by atoms with E-state index in [9.17, 15) is 68.1 Å². The van der Waals surface area contributed by atoms with Crippen molar-refractivity contribution in [3.63, 3.8) is 0 Å². The number of carboxylic acids is 3. The average Bonchev–Trinajstić information content (AvgIpc) is 3.70. The molecule has 27 heteroatoms. The van der Waals surface area contributed by atoms with Gasteiger partial charge in [0, 0.05) is 30.1 Å². The third kappa shape index (κ3) is 21.0. The number of nitrogens with two attached hydrogens (primary N) is 3. The minimum atomic E-state index is -1.74. The minimum absolute atomic E-state index is 0.0264. The number of nitrogens with zero attached hydrogens (tertiary/aromatic N) is 1. The molecule has 18 N–H and O–H groups in total. The number of amides is 8. The van der Waals surface area contributed by atoms with Gasteiger partial charge in [0.2, 0.25) is 47.3 Å². The lowest BCUT2D eigenvalue weighted by Gasteiger charge is -2.27. The molecule has 1 heterocycles. The van der Waals surface area contributed by atoms with Crippen molar-refractivity contribution >= 4 is 82.0 Å². The Labute approximate surface area is 414 Å². The predicted octanol–water partition coefficient (Wildman–Crippen LogP) is -3.38. The molecule has 0 saturated carbocycles. The fourth-order valence-electron chi connectivity index (χ4n) is 6.99. The molecule has 72 heavy (non-hydrogen) atoms. The summed E-state index contributed by atoms with van der Waals surface area (Å²) in [6, 6.07) is -3.02. The SMILES string of the molecule is CC(C)C[C@H](NC(=O)[C@H](CC(=O)O)NC(=O)CNC(=O)CNC(=O)[C@@H](NC(=O)[C@H](Cc1c[nH]c2ccccc12)NC(=O)[C@H](CC(=O)O)NC(=O)[C@@H](N)CCCN=C(N)N)C(C)C)C(=O)N[C@H](C(=O)O)C(C)C. The molecule has 0 aliphatic carbocycles. The molecule has 0 saturated heterocycles. The maximum Gasteiger partial charge on any atom is 0.326 e. The molecular weight excluding hydrogens is 947 g/mol. The maximum absolute atomic E-state index is 14.1. The average molecular weight is 1020 g/mol. The highest BCUT2D eigenvalue weighted by atomic mass is 16.4. The van der Waals surface area contributed by atoms with Gasteiger partial charge in [0.05, 0.1) is 32.0 Å². The van der Waals surface area contributed by atoms with E-state index in [1.807, 2.05) is 0 Å². The fourth-order valence-corrected chi connectivity index (χ4v) is 6.99. The van der Waals surface area contributed by atoms with E-state index in [-0.39, 0.29) is 44.1 Å². The number of carbonyl (C=O) groups excluding carboxylic acids is 8. The molecule has 0 unspecified atom stereocenters. The van der Waals surface area contributed by atoms with Gasteiger partial charge in [0.25, 0.3) is 0 Å². The molecule has 27 nitrogen and oxygen atoms in total. The first-order valence-electron chi connectivity index (χ1n) is 23.1. The van der Waals surface area contributed by atoms with Gasteiger partial charge in [-0.25, -0.2) is 4.79 Å². The number of carboxylic acid groups (broad SMARTS) is 3. The molecule has 2 rings (SSSR count). The summed E-state index contributed by atoms with van der Waals surface area (Å²) in [4.78, 5) is 148. The smallest absolute Gasteiger partial charge is 0.326 e. The second-order valence-electron chi connectivity index (χ2n) is 18.0. The summed E-state index contributed by atoms with van der Waals surface area (Å²) < 4.78 is 0. The Morgan fingerprint density at radius 2 is 1.12 bits per heavy atom. The van der Waals surface area contributed by atoms with E-state index in [0.29, 0.717) is 16.5 Å². The first-order valence-corrected chi connectivity index (χ1v) is 23.1. The van der Waals surface area contributed by atoms with Crippen LogP contribution in [0.5, 0.6) is 0 Å². The van der Waals surface area contributed by atoms with Crippen LogP contribution >= 0.6 is 0 Å². The highest BCUT2D eigenvalue weighted by Crippen LogP contribution is 2.20. The summed E-state index contributed by atoms with van der Waals surface area (Å²) >= 11 is 0. The van der Waals surface area contributed by atoms with Crippen LogP contribution in [0, 0.1) is 17.8 Å². The van der Waals surface area contributed by atoms with Crippen molar-refractivity contribution in [2.24, 2.45) is 39.9 Å². The lowest BCUT2D eigenvalue weighted by molar-refractivity contribution is -0.144.